The van der Waals surface area contributed by atoms with Gasteiger partial charge in [-0.1, -0.05) is 5.16 Å². The molecular weight excluding hydrogens is 200 g/mol. The molecule has 7 nitrogen and oxygen atoms in total. The van der Waals surface area contributed by atoms with E-state index in [-0.39, 0.29) is 11.7 Å². The smallest absolute Gasteiger partial charge is 0.319 e. The Bertz CT molecular complexity index is 491. The topological polar surface area (TPSA) is 108 Å². The fourth-order valence-corrected chi connectivity index (χ4v) is 1.08. The second-order valence-corrected chi connectivity index (χ2v) is 2.76. The lowest BCUT2D eigenvalue weighted by Crippen LogP contribution is -1.88. The number of aromatic nitrogens is 2. The molecule has 0 amide bonds. The van der Waals surface area contributed by atoms with Crippen LogP contribution in [0.15, 0.2) is 28.8 Å². The lowest BCUT2D eigenvalue weighted by Gasteiger charge is -1.93. The molecule has 2 N–H and O–H groups in total. The van der Waals surface area contributed by atoms with Gasteiger partial charge in [-0.05, 0) is 12.1 Å². The van der Waals surface area contributed by atoms with Gasteiger partial charge in [-0.25, -0.2) is 0 Å². The number of nitrogens with two attached hydrogens (primary N) is 1. The minimum atomic E-state index is -0.478. The number of benzene rings is 1. The van der Waals surface area contributed by atoms with E-state index in [9.17, 15) is 10.1 Å². The summed E-state index contributed by atoms with van der Waals surface area (Å²) in [5.41, 5.74) is 5.87. The molecule has 0 unspecified atom stereocenters. The molecule has 2 aromatic rings. The molecule has 1 heterocycles. The quantitative estimate of drug-likeness (QED) is 0.584. The minimum absolute atomic E-state index is 0.00946. The van der Waals surface area contributed by atoms with E-state index in [1.807, 2.05) is 0 Å². The third kappa shape index (κ3) is 1.75. The highest BCUT2D eigenvalue weighted by molar-refractivity contribution is 5.57. The van der Waals surface area contributed by atoms with Gasteiger partial charge >= 0.3 is 6.01 Å². The van der Waals surface area contributed by atoms with Gasteiger partial charge in [0.1, 0.15) is 0 Å². The van der Waals surface area contributed by atoms with Crippen molar-refractivity contribution >= 4 is 11.7 Å². The number of nitro benzene ring substituents is 1. The largest absolute Gasteiger partial charge is 0.351 e. The molecule has 0 aliphatic rings. The third-order valence-corrected chi connectivity index (χ3v) is 1.78. The number of nitrogen functional groups attached to an aromatic ring is 1. The summed E-state index contributed by atoms with van der Waals surface area (Å²) >= 11 is 0. The van der Waals surface area contributed by atoms with Gasteiger partial charge in [-0.15, -0.1) is 0 Å². The van der Waals surface area contributed by atoms with Gasteiger partial charge in [0.05, 0.1) is 4.92 Å². The molecule has 0 fully saturated rings. The normalized spacial score (nSPS) is 10.1. The zero-order valence-electron chi connectivity index (χ0n) is 7.45. The Labute approximate surface area is 83.7 Å². The van der Waals surface area contributed by atoms with Crippen LogP contribution < -0.4 is 5.73 Å². The number of hydrogen-bond acceptors (Lipinski definition) is 6. The SMILES string of the molecule is Nc1nc(-c2ccc([N+](=O)[O-])cc2)no1. The molecule has 7 heteroatoms. The number of hydrogen-bond donors (Lipinski definition) is 1. The van der Waals surface area contributed by atoms with E-state index in [2.05, 4.69) is 14.7 Å². The van der Waals surface area contributed by atoms with Gasteiger partial charge in [0.25, 0.3) is 5.69 Å². The summed E-state index contributed by atoms with van der Waals surface area (Å²) in [4.78, 5) is 13.7. The second kappa shape index (κ2) is 3.37. The number of nitro groups is 1. The van der Waals surface area contributed by atoms with Crippen LogP contribution in [0.4, 0.5) is 11.7 Å². The van der Waals surface area contributed by atoms with E-state index in [1.54, 1.807) is 0 Å². The van der Waals surface area contributed by atoms with E-state index in [0.29, 0.717) is 11.4 Å². The Morgan fingerprint density at radius 1 is 1.33 bits per heavy atom. The maximum Gasteiger partial charge on any atom is 0.319 e. The van der Waals surface area contributed by atoms with Gasteiger partial charge in [0.15, 0.2) is 0 Å². The molecule has 0 aliphatic heterocycles. The lowest BCUT2D eigenvalue weighted by molar-refractivity contribution is -0.384. The van der Waals surface area contributed by atoms with Crippen molar-refractivity contribution in [3.05, 3.63) is 34.4 Å². The van der Waals surface area contributed by atoms with Crippen LogP contribution in [0.2, 0.25) is 0 Å². The van der Waals surface area contributed by atoms with Crippen molar-refractivity contribution in [1.82, 2.24) is 10.1 Å². The van der Waals surface area contributed by atoms with Crippen LogP contribution in [-0.4, -0.2) is 15.1 Å². The molecular formula is C8H6N4O3. The first-order valence-electron chi connectivity index (χ1n) is 4.01. The van der Waals surface area contributed by atoms with Crippen LogP contribution in [0.25, 0.3) is 11.4 Å². The van der Waals surface area contributed by atoms with Crippen LogP contribution in [0.3, 0.4) is 0 Å². The Morgan fingerprint density at radius 3 is 2.47 bits per heavy atom. The second-order valence-electron chi connectivity index (χ2n) is 2.76. The minimum Gasteiger partial charge on any atom is -0.351 e. The maximum atomic E-state index is 10.4. The summed E-state index contributed by atoms with van der Waals surface area (Å²) in [7, 11) is 0. The van der Waals surface area contributed by atoms with Crippen LogP contribution >= 0.6 is 0 Å². The molecule has 2 rings (SSSR count). The predicted octanol–water partition coefficient (Wildman–Crippen LogP) is 1.23. The number of rotatable bonds is 2. The fraction of sp³-hybridized carbons (Fsp3) is 0. The van der Waals surface area contributed by atoms with Crippen LogP contribution in [0.1, 0.15) is 0 Å². The molecule has 0 aliphatic carbocycles. The summed E-state index contributed by atoms with van der Waals surface area (Å²) in [6, 6.07) is 5.75. The first-order chi connectivity index (χ1) is 7.16. The van der Waals surface area contributed by atoms with Crippen molar-refractivity contribution in [3.63, 3.8) is 0 Å². The van der Waals surface area contributed by atoms with Crippen LogP contribution in [0, 0.1) is 10.1 Å². The maximum absolute atomic E-state index is 10.4. The predicted molar refractivity (Wildman–Crippen MR) is 50.8 cm³/mol. The van der Waals surface area contributed by atoms with E-state index < -0.39 is 4.92 Å². The molecule has 0 bridgehead atoms. The van der Waals surface area contributed by atoms with Gasteiger partial charge < -0.3 is 10.3 Å². The van der Waals surface area contributed by atoms with E-state index in [0.717, 1.165) is 0 Å². The average Bonchev–Trinajstić information content (AvgIpc) is 2.65. The molecule has 15 heavy (non-hydrogen) atoms. The summed E-state index contributed by atoms with van der Waals surface area (Å²) in [5.74, 6) is 0.308. The molecule has 0 saturated carbocycles. The van der Waals surface area contributed by atoms with Crippen molar-refractivity contribution in [2.75, 3.05) is 5.73 Å². The highest BCUT2D eigenvalue weighted by Crippen LogP contribution is 2.19. The van der Waals surface area contributed by atoms with Crippen molar-refractivity contribution < 1.29 is 9.45 Å². The zero-order valence-corrected chi connectivity index (χ0v) is 7.45. The van der Waals surface area contributed by atoms with Crippen molar-refractivity contribution in [2.24, 2.45) is 0 Å². The molecule has 1 aromatic carbocycles. The van der Waals surface area contributed by atoms with Gasteiger partial charge in [0.2, 0.25) is 5.82 Å². The Hall–Kier alpha value is -2.44. The highest BCUT2D eigenvalue weighted by Gasteiger charge is 2.08. The van der Waals surface area contributed by atoms with Crippen molar-refractivity contribution in [1.29, 1.82) is 0 Å². The van der Waals surface area contributed by atoms with E-state index >= 15 is 0 Å². The van der Waals surface area contributed by atoms with Crippen LogP contribution in [-0.2, 0) is 0 Å². The first kappa shape index (κ1) is 9.13. The van der Waals surface area contributed by atoms with Gasteiger partial charge in [-0.2, -0.15) is 4.98 Å². The Morgan fingerprint density at radius 2 is 2.00 bits per heavy atom. The molecule has 0 saturated heterocycles. The monoisotopic (exact) mass is 206 g/mol. The Kier molecular flexibility index (Phi) is 2.05. The average molecular weight is 206 g/mol. The number of non-ortho nitro benzene ring substituents is 1. The lowest BCUT2D eigenvalue weighted by atomic mass is 10.2. The van der Waals surface area contributed by atoms with E-state index in [1.165, 1.54) is 24.3 Å². The number of nitrogens with zero attached hydrogens (tertiary/aromatic N) is 3. The summed E-state index contributed by atoms with van der Waals surface area (Å²) in [6.07, 6.45) is 0. The van der Waals surface area contributed by atoms with Crippen molar-refractivity contribution in [3.8, 4) is 11.4 Å². The summed E-state index contributed by atoms with van der Waals surface area (Å²) in [6.45, 7) is 0. The van der Waals surface area contributed by atoms with Gasteiger partial charge in [-0.3, -0.25) is 10.1 Å². The molecule has 0 spiro atoms. The number of anilines is 1. The van der Waals surface area contributed by atoms with E-state index in [4.69, 9.17) is 5.73 Å². The first-order valence-corrected chi connectivity index (χ1v) is 4.01. The highest BCUT2D eigenvalue weighted by atomic mass is 16.6. The standard InChI is InChI=1S/C8H6N4O3/c9-8-10-7(11-15-8)5-1-3-6(4-2-5)12(13)14/h1-4H,(H2,9,10,11). The molecule has 1 aromatic heterocycles. The molecule has 76 valence electrons. The Balaban J connectivity index is 2.35. The van der Waals surface area contributed by atoms with Crippen molar-refractivity contribution in [2.45, 2.75) is 0 Å². The van der Waals surface area contributed by atoms with Gasteiger partial charge in [0, 0.05) is 17.7 Å². The van der Waals surface area contributed by atoms with Crippen LogP contribution in [0.5, 0.6) is 0 Å². The summed E-state index contributed by atoms with van der Waals surface area (Å²) in [5, 5.41) is 14.0. The third-order valence-electron chi connectivity index (χ3n) is 1.78. The molecule has 0 radical (unpaired) electrons. The summed E-state index contributed by atoms with van der Waals surface area (Å²) < 4.78 is 4.58. The zero-order chi connectivity index (χ0) is 10.8. The molecule has 0 atom stereocenters. The fourth-order valence-electron chi connectivity index (χ4n) is 1.08.